The molecule has 5 atom stereocenters. The summed E-state index contributed by atoms with van der Waals surface area (Å²) in [5.74, 6) is -5.10. The van der Waals surface area contributed by atoms with Gasteiger partial charge in [0.05, 0.1) is 12.6 Å². The number of rotatable bonds is 20. The number of carbonyl (C=O) groups is 5. The van der Waals surface area contributed by atoms with E-state index in [1.54, 1.807) is 44.2 Å². The Bertz CT molecular complexity index is 1260. The fourth-order valence-electron chi connectivity index (χ4n) is 4.01. The number of phosphoric ester groups is 1. The smallest absolute Gasteiger partial charge is 0.469 e. The largest absolute Gasteiger partial charge is 0.480 e. The highest BCUT2D eigenvalue weighted by Crippen LogP contribution is 2.35. The van der Waals surface area contributed by atoms with E-state index in [0.29, 0.717) is 0 Å². The summed E-state index contributed by atoms with van der Waals surface area (Å²) in [5.41, 5.74) is 17.2. The molecule has 46 heavy (non-hydrogen) atoms. The Morgan fingerprint density at radius 2 is 1.43 bits per heavy atom. The van der Waals surface area contributed by atoms with E-state index in [1.807, 2.05) is 0 Å². The molecule has 0 heterocycles. The van der Waals surface area contributed by atoms with Gasteiger partial charge in [0.15, 0.2) is 5.96 Å². The lowest BCUT2D eigenvalue weighted by molar-refractivity contribution is -0.142. The molecule has 0 fully saturated rings. The zero-order chi connectivity index (χ0) is 35.0. The normalized spacial score (nSPS) is 14.6. The fraction of sp³-hybridized carbons (Fsp3) is 0.556. The molecular formula is C27H45N8O10P. The van der Waals surface area contributed by atoms with Gasteiger partial charge in [-0.3, -0.25) is 28.7 Å². The van der Waals surface area contributed by atoms with Crippen molar-refractivity contribution in [3.63, 3.8) is 0 Å². The molecule has 1 aromatic rings. The highest BCUT2D eigenvalue weighted by molar-refractivity contribution is 7.46. The van der Waals surface area contributed by atoms with Crippen LogP contribution in [0.4, 0.5) is 0 Å². The standard InChI is InChI=1S/C27H45N8O10P/c1-15(2)12-20(24(38)32-16(3)22(36)33-19(26(40)41)10-7-11-31-27(29)30)34-25(39)21(14-45-46(42,43)44)35-23(37)18(28)13-17-8-5-4-6-9-17/h4-6,8-9,15-16,18-21H,7,10-14,28H2,1-3H3,(H,32,38)(H,33,36)(H,34,39)(H,35,37)(H,40,41)(H4,29,30,31)(H2,42,43,44)/t16-,18-,19-,20-,21-/m0/s1. The molecule has 0 aliphatic rings. The van der Waals surface area contributed by atoms with Gasteiger partial charge >= 0.3 is 13.8 Å². The van der Waals surface area contributed by atoms with Gasteiger partial charge in [-0.1, -0.05) is 44.2 Å². The molecular weight excluding hydrogens is 627 g/mol. The van der Waals surface area contributed by atoms with Crippen molar-refractivity contribution in [2.24, 2.45) is 28.1 Å². The van der Waals surface area contributed by atoms with E-state index in [2.05, 4.69) is 30.8 Å². The van der Waals surface area contributed by atoms with Gasteiger partial charge in [0, 0.05) is 6.54 Å². The summed E-state index contributed by atoms with van der Waals surface area (Å²) in [7, 11) is -5.07. The van der Waals surface area contributed by atoms with E-state index in [0.717, 1.165) is 5.56 Å². The topological polar surface area (TPSA) is 311 Å². The highest BCUT2D eigenvalue weighted by atomic mass is 31.2. The number of nitrogens with zero attached hydrogens (tertiary/aromatic N) is 1. The lowest BCUT2D eigenvalue weighted by Crippen LogP contribution is -2.59. The van der Waals surface area contributed by atoms with E-state index in [-0.39, 0.29) is 44.1 Å². The summed E-state index contributed by atoms with van der Waals surface area (Å²) in [6, 6.07) is 2.14. The van der Waals surface area contributed by atoms with Gasteiger partial charge in [0.25, 0.3) is 0 Å². The van der Waals surface area contributed by atoms with Gasteiger partial charge in [0.2, 0.25) is 23.6 Å². The second-order valence-electron chi connectivity index (χ2n) is 10.9. The van der Waals surface area contributed by atoms with Crippen molar-refractivity contribution in [1.29, 1.82) is 0 Å². The molecule has 18 nitrogen and oxygen atoms in total. The van der Waals surface area contributed by atoms with Crippen molar-refractivity contribution in [3.8, 4) is 0 Å². The second kappa shape index (κ2) is 19.4. The molecule has 0 aliphatic heterocycles. The summed E-state index contributed by atoms with van der Waals surface area (Å²) in [6.45, 7) is 4.01. The average Bonchev–Trinajstić information content (AvgIpc) is 2.95. The molecule has 4 amide bonds. The molecule has 258 valence electrons. The Hall–Kier alpha value is -4.09. The number of carbonyl (C=O) groups excluding carboxylic acids is 4. The van der Waals surface area contributed by atoms with Gasteiger partial charge in [-0.2, -0.15) is 0 Å². The molecule has 0 spiro atoms. The number of phosphoric acid groups is 1. The molecule has 1 aromatic carbocycles. The van der Waals surface area contributed by atoms with Crippen molar-refractivity contribution in [2.75, 3.05) is 13.2 Å². The number of aliphatic imine (C=N–C) groups is 1. The lowest BCUT2D eigenvalue weighted by Gasteiger charge is -2.26. The first-order valence-corrected chi connectivity index (χ1v) is 15.9. The molecule has 13 N–H and O–H groups in total. The molecule has 0 aliphatic carbocycles. The second-order valence-corrected chi connectivity index (χ2v) is 12.2. The first kappa shape index (κ1) is 39.9. The Balaban J connectivity index is 2.99. The first-order valence-electron chi connectivity index (χ1n) is 14.4. The zero-order valence-corrected chi connectivity index (χ0v) is 26.8. The lowest BCUT2D eigenvalue weighted by atomic mass is 10.0. The van der Waals surface area contributed by atoms with E-state index >= 15 is 0 Å². The number of amides is 4. The van der Waals surface area contributed by atoms with Gasteiger partial charge in [-0.15, -0.1) is 0 Å². The number of hydrogen-bond acceptors (Lipinski definition) is 9. The molecule has 0 radical (unpaired) electrons. The van der Waals surface area contributed by atoms with Gasteiger partial charge in [0.1, 0.15) is 24.2 Å². The number of nitrogens with two attached hydrogens (primary N) is 3. The Kier molecular flexibility index (Phi) is 16.9. The number of guanidine groups is 1. The van der Waals surface area contributed by atoms with Crippen molar-refractivity contribution >= 4 is 43.4 Å². The predicted octanol–water partition coefficient (Wildman–Crippen LogP) is -2.19. The minimum Gasteiger partial charge on any atom is -0.480 e. The van der Waals surface area contributed by atoms with Crippen LogP contribution in [0.15, 0.2) is 35.3 Å². The van der Waals surface area contributed by atoms with E-state index in [4.69, 9.17) is 17.2 Å². The van der Waals surface area contributed by atoms with Crippen LogP contribution >= 0.6 is 7.82 Å². The summed E-state index contributed by atoms with van der Waals surface area (Å²) in [4.78, 5) is 85.6. The summed E-state index contributed by atoms with van der Waals surface area (Å²) in [5, 5.41) is 18.9. The van der Waals surface area contributed by atoms with Crippen molar-refractivity contribution < 1.29 is 48.0 Å². The van der Waals surface area contributed by atoms with Crippen LogP contribution in [0.25, 0.3) is 0 Å². The minimum absolute atomic E-state index is 0.00332. The van der Waals surface area contributed by atoms with Crippen LogP contribution in [0.1, 0.15) is 45.6 Å². The molecule has 19 heteroatoms. The molecule has 0 saturated heterocycles. The maximum atomic E-state index is 13.2. The van der Waals surface area contributed by atoms with Gasteiger partial charge in [-0.05, 0) is 44.1 Å². The Morgan fingerprint density at radius 3 is 1.98 bits per heavy atom. The third-order valence-electron chi connectivity index (χ3n) is 6.33. The number of nitrogens with one attached hydrogen (secondary N) is 4. The number of aliphatic carboxylic acids is 1. The van der Waals surface area contributed by atoms with E-state index in [9.17, 15) is 43.4 Å². The zero-order valence-electron chi connectivity index (χ0n) is 25.9. The van der Waals surface area contributed by atoms with Crippen molar-refractivity contribution in [2.45, 2.75) is 76.7 Å². The molecule has 0 bridgehead atoms. The summed E-state index contributed by atoms with van der Waals surface area (Å²) < 4.78 is 15.8. The van der Waals surface area contributed by atoms with Crippen LogP contribution in [0.3, 0.4) is 0 Å². The highest BCUT2D eigenvalue weighted by Gasteiger charge is 2.32. The maximum Gasteiger partial charge on any atom is 0.469 e. The molecule has 0 unspecified atom stereocenters. The summed E-state index contributed by atoms with van der Waals surface area (Å²) in [6.07, 6.45) is 0.405. The van der Waals surface area contributed by atoms with Gasteiger partial charge < -0.3 is 53.4 Å². The van der Waals surface area contributed by atoms with Crippen molar-refractivity contribution in [3.05, 3.63) is 35.9 Å². The third-order valence-corrected chi connectivity index (χ3v) is 6.81. The fourth-order valence-corrected chi connectivity index (χ4v) is 4.35. The van der Waals surface area contributed by atoms with Crippen LogP contribution < -0.4 is 38.5 Å². The molecule has 0 aromatic heterocycles. The van der Waals surface area contributed by atoms with Crippen LogP contribution in [-0.4, -0.2) is 93.8 Å². The van der Waals surface area contributed by atoms with Gasteiger partial charge in [-0.25, -0.2) is 9.36 Å². The van der Waals surface area contributed by atoms with Crippen LogP contribution in [0, 0.1) is 5.92 Å². The number of benzene rings is 1. The number of hydrogen-bond donors (Lipinski definition) is 10. The predicted molar refractivity (Wildman–Crippen MR) is 167 cm³/mol. The molecule has 1 rings (SSSR count). The average molecular weight is 673 g/mol. The number of carboxylic acids is 1. The van der Waals surface area contributed by atoms with E-state index in [1.165, 1.54) is 6.92 Å². The molecule has 0 saturated carbocycles. The quantitative estimate of drug-likeness (QED) is 0.0305. The Morgan fingerprint density at radius 1 is 0.870 bits per heavy atom. The first-order chi connectivity index (χ1) is 21.4. The van der Waals surface area contributed by atoms with Crippen LogP contribution in [0.2, 0.25) is 0 Å². The van der Waals surface area contributed by atoms with Crippen LogP contribution in [0.5, 0.6) is 0 Å². The van der Waals surface area contributed by atoms with Crippen molar-refractivity contribution in [1.82, 2.24) is 21.3 Å². The SMILES string of the molecule is CC(C)C[C@H](NC(=O)[C@H](COP(=O)(O)O)NC(=O)[C@@H](N)Cc1ccccc1)C(=O)N[C@@H](C)C(=O)N[C@@H](CCCN=C(N)N)C(=O)O. The minimum atomic E-state index is -5.07. The summed E-state index contributed by atoms with van der Waals surface area (Å²) >= 11 is 0. The maximum absolute atomic E-state index is 13.2. The number of carboxylic acid groups (broad SMARTS) is 1. The van der Waals surface area contributed by atoms with Crippen LogP contribution in [-0.2, 0) is 39.5 Å². The Labute approximate surface area is 266 Å². The van der Waals surface area contributed by atoms with E-state index < -0.39 is 74.2 Å². The third kappa shape index (κ3) is 16.3. The monoisotopic (exact) mass is 672 g/mol.